The number of benzene rings is 1. The number of fused-ring (bicyclic) bond motifs is 3. The third kappa shape index (κ3) is 2.58. The molecule has 4 rings (SSSR count). The number of anilines is 1. The average molecular weight is 404 g/mol. The van der Waals surface area contributed by atoms with E-state index >= 15 is 0 Å². The van der Waals surface area contributed by atoms with Gasteiger partial charge in [-0.05, 0) is 65.4 Å². The molecular weight excluding hydrogens is 386 g/mol. The predicted octanol–water partition coefficient (Wildman–Crippen LogP) is 4.36. The van der Waals surface area contributed by atoms with E-state index in [2.05, 4.69) is 20.9 Å². The molecule has 0 saturated heterocycles. The Bertz CT molecular complexity index is 990. The molecule has 1 aliphatic carbocycles. The van der Waals surface area contributed by atoms with Crippen molar-refractivity contribution in [3.8, 4) is 11.4 Å². The highest BCUT2D eigenvalue weighted by Gasteiger charge is 2.20. The fraction of sp³-hybridized carbons (Fsp3) is 0.333. The van der Waals surface area contributed by atoms with E-state index < -0.39 is 0 Å². The van der Waals surface area contributed by atoms with Gasteiger partial charge in [0.2, 0.25) is 0 Å². The van der Waals surface area contributed by atoms with Crippen molar-refractivity contribution in [2.75, 3.05) is 19.0 Å². The lowest BCUT2D eigenvalue weighted by atomic mass is 9.97. The third-order valence-corrected chi connectivity index (χ3v) is 6.35. The van der Waals surface area contributed by atoms with Gasteiger partial charge < -0.3 is 9.88 Å². The molecule has 3 aromatic rings. The summed E-state index contributed by atoms with van der Waals surface area (Å²) in [5.41, 5.74) is 3.22. The maximum atomic E-state index is 12.7. The first-order valence-corrected chi connectivity index (χ1v) is 9.67. The fourth-order valence-electron chi connectivity index (χ4n) is 3.32. The summed E-state index contributed by atoms with van der Waals surface area (Å²) < 4.78 is 0.984. The zero-order valence-corrected chi connectivity index (χ0v) is 16.1. The number of rotatable bonds is 2. The van der Waals surface area contributed by atoms with Gasteiger partial charge in [0.25, 0.3) is 5.56 Å². The molecule has 0 bridgehead atoms. The van der Waals surface area contributed by atoms with Gasteiger partial charge in [0, 0.05) is 29.0 Å². The second-order valence-electron chi connectivity index (χ2n) is 6.37. The van der Waals surface area contributed by atoms with E-state index in [-0.39, 0.29) is 5.56 Å². The molecule has 1 N–H and O–H groups in total. The van der Waals surface area contributed by atoms with Crippen molar-refractivity contribution in [2.24, 2.45) is 0 Å². The van der Waals surface area contributed by atoms with Crippen LogP contribution in [0.15, 0.2) is 27.5 Å². The molecule has 0 saturated carbocycles. The van der Waals surface area contributed by atoms with Gasteiger partial charge in [0.15, 0.2) is 0 Å². The molecule has 2 aromatic heterocycles. The summed E-state index contributed by atoms with van der Waals surface area (Å²) in [5.74, 6) is 0.636. The number of H-pyrrole nitrogens is 1. The molecule has 4 nitrogen and oxygen atoms in total. The number of aryl methyl sites for hydroxylation is 2. The van der Waals surface area contributed by atoms with E-state index in [0.717, 1.165) is 38.8 Å². The first kappa shape index (κ1) is 15.8. The smallest absolute Gasteiger partial charge is 0.260 e. The number of nitrogens with one attached hydrogen (secondary N) is 1. The first-order valence-electron chi connectivity index (χ1n) is 8.06. The average Bonchev–Trinajstić information content (AvgIpc) is 2.93. The quantitative estimate of drug-likeness (QED) is 0.691. The van der Waals surface area contributed by atoms with Crippen molar-refractivity contribution in [1.29, 1.82) is 0 Å². The third-order valence-electron chi connectivity index (χ3n) is 4.53. The lowest BCUT2D eigenvalue weighted by molar-refractivity contribution is 0.700. The van der Waals surface area contributed by atoms with Crippen LogP contribution in [0.3, 0.4) is 0 Å². The van der Waals surface area contributed by atoms with Crippen molar-refractivity contribution in [3.63, 3.8) is 0 Å². The number of aromatic amines is 1. The second-order valence-corrected chi connectivity index (χ2v) is 8.30. The van der Waals surface area contributed by atoms with E-state index in [1.54, 1.807) is 11.3 Å². The predicted molar refractivity (Wildman–Crippen MR) is 104 cm³/mol. The van der Waals surface area contributed by atoms with E-state index in [0.29, 0.717) is 5.82 Å². The van der Waals surface area contributed by atoms with Crippen molar-refractivity contribution < 1.29 is 0 Å². The number of nitrogens with zero attached hydrogens (tertiary/aromatic N) is 2. The van der Waals surface area contributed by atoms with E-state index in [4.69, 9.17) is 4.98 Å². The Hall–Kier alpha value is -1.66. The molecule has 6 heteroatoms. The van der Waals surface area contributed by atoms with Crippen LogP contribution in [0, 0.1) is 0 Å². The SMILES string of the molecule is CN(C)c1ccc(-c2nc3sc4c(c3c(=O)[nH]2)CCCC4)cc1Br. The van der Waals surface area contributed by atoms with Crippen LogP contribution in [0.2, 0.25) is 0 Å². The number of hydrogen-bond donors (Lipinski definition) is 1. The van der Waals surface area contributed by atoms with E-state index in [9.17, 15) is 4.79 Å². The largest absolute Gasteiger partial charge is 0.377 e. The molecule has 2 heterocycles. The molecule has 0 fully saturated rings. The highest BCUT2D eigenvalue weighted by molar-refractivity contribution is 9.10. The van der Waals surface area contributed by atoms with Gasteiger partial charge in [-0.15, -0.1) is 11.3 Å². The molecular formula is C18H18BrN3OS. The minimum absolute atomic E-state index is 0.0118. The van der Waals surface area contributed by atoms with Crippen molar-refractivity contribution in [3.05, 3.63) is 43.5 Å². The summed E-state index contributed by atoms with van der Waals surface area (Å²) in [7, 11) is 4.00. The second kappa shape index (κ2) is 6.01. The van der Waals surface area contributed by atoms with Gasteiger partial charge in [-0.1, -0.05) is 0 Å². The number of aromatic nitrogens is 2. The Morgan fingerprint density at radius 2 is 2.04 bits per heavy atom. The number of halogens is 1. The lowest BCUT2D eigenvalue weighted by Gasteiger charge is -2.15. The Morgan fingerprint density at radius 3 is 2.79 bits per heavy atom. The topological polar surface area (TPSA) is 49.0 Å². The molecule has 1 aliphatic rings. The molecule has 0 radical (unpaired) electrons. The van der Waals surface area contributed by atoms with E-state index in [1.807, 2.05) is 37.2 Å². The Morgan fingerprint density at radius 1 is 1.25 bits per heavy atom. The van der Waals surface area contributed by atoms with Gasteiger partial charge in [-0.2, -0.15) is 0 Å². The number of thiophene rings is 1. The maximum absolute atomic E-state index is 12.7. The van der Waals surface area contributed by atoms with Gasteiger partial charge in [0.1, 0.15) is 10.7 Å². The normalized spacial score (nSPS) is 14.0. The molecule has 0 spiro atoms. The van der Waals surface area contributed by atoms with E-state index in [1.165, 1.54) is 23.3 Å². The summed E-state index contributed by atoms with van der Waals surface area (Å²) in [6.45, 7) is 0. The molecule has 0 aliphatic heterocycles. The minimum Gasteiger partial charge on any atom is -0.377 e. The lowest BCUT2D eigenvalue weighted by Crippen LogP contribution is -2.11. The highest BCUT2D eigenvalue weighted by Crippen LogP contribution is 2.35. The highest BCUT2D eigenvalue weighted by atomic mass is 79.9. The van der Waals surface area contributed by atoms with Crippen LogP contribution in [0.5, 0.6) is 0 Å². The van der Waals surface area contributed by atoms with Gasteiger partial charge in [0.05, 0.1) is 11.1 Å². The molecule has 0 atom stereocenters. The zero-order valence-electron chi connectivity index (χ0n) is 13.6. The molecule has 1 aromatic carbocycles. The van der Waals surface area contributed by atoms with Gasteiger partial charge >= 0.3 is 0 Å². The van der Waals surface area contributed by atoms with Gasteiger partial charge in [-0.25, -0.2) is 4.98 Å². The Labute approximate surface area is 152 Å². The minimum atomic E-state index is -0.0118. The van der Waals surface area contributed by atoms with Crippen molar-refractivity contribution >= 4 is 43.2 Å². The van der Waals surface area contributed by atoms with Crippen LogP contribution in [0.4, 0.5) is 5.69 Å². The molecule has 0 amide bonds. The summed E-state index contributed by atoms with van der Waals surface area (Å²) in [5, 5.41) is 0.808. The van der Waals surface area contributed by atoms with Gasteiger partial charge in [-0.3, -0.25) is 4.79 Å². The maximum Gasteiger partial charge on any atom is 0.260 e. The summed E-state index contributed by atoms with van der Waals surface area (Å²) in [6.07, 6.45) is 4.46. The number of hydrogen-bond acceptors (Lipinski definition) is 4. The Kier molecular flexibility index (Phi) is 3.96. The van der Waals surface area contributed by atoms with Crippen LogP contribution in [-0.2, 0) is 12.8 Å². The van der Waals surface area contributed by atoms with Crippen molar-refractivity contribution in [2.45, 2.75) is 25.7 Å². The monoisotopic (exact) mass is 403 g/mol. The Balaban J connectivity index is 1.86. The van der Waals surface area contributed by atoms with Crippen LogP contribution in [0.1, 0.15) is 23.3 Å². The first-order chi connectivity index (χ1) is 11.5. The van der Waals surface area contributed by atoms with Crippen LogP contribution in [-0.4, -0.2) is 24.1 Å². The summed E-state index contributed by atoms with van der Waals surface area (Å²) >= 11 is 5.28. The van der Waals surface area contributed by atoms with Crippen LogP contribution >= 0.6 is 27.3 Å². The van der Waals surface area contributed by atoms with Crippen molar-refractivity contribution in [1.82, 2.24) is 9.97 Å². The fourth-order valence-corrected chi connectivity index (χ4v) is 5.31. The summed E-state index contributed by atoms with van der Waals surface area (Å²) in [4.78, 5) is 24.7. The molecule has 24 heavy (non-hydrogen) atoms. The standard InChI is InChI=1S/C18H18BrN3OS/c1-22(2)13-8-7-10(9-12(13)19)16-20-17(23)15-11-5-3-4-6-14(11)24-18(15)21-16/h7-9H,3-6H2,1-2H3,(H,20,21,23). The zero-order chi connectivity index (χ0) is 16.8. The van der Waals surface area contributed by atoms with Crippen LogP contribution in [0.25, 0.3) is 21.6 Å². The molecule has 0 unspecified atom stereocenters. The van der Waals surface area contributed by atoms with Crippen LogP contribution < -0.4 is 10.5 Å². The molecule has 124 valence electrons. The summed E-state index contributed by atoms with van der Waals surface area (Å²) in [6, 6.07) is 6.04.